The normalized spacial score (nSPS) is 21.8. The van der Waals surface area contributed by atoms with Crippen LogP contribution in [0, 0.1) is 17.0 Å². The molecule has 3 aromatic carbocycles. The number of hydrogen-bond acceptors (Lipinski definition) is 4. The highest BCUT2D eigenvalue weighted by atomic mass is 35.5. The van der Waals surface area contributed by atoms with E-state index in [1.807, 2.05) is 6.92 Å². The van der Waals surface area contributed by atoms with E-state index in [1.54, 1.807) is 30.3 Å². The van der Waals surface area contributed by atoms with Crippen LogP contribution in [-0.4, -0.2) is 36.3 Å². The minimum Gasteiger partial charge on any atom is -0.495 e. The monoisotopic (exact) mass is 618 g/mol. The molecule has 42 heavy (non-hydrogen) atoms. The van der Waals surface area contributed by atoms with E-state index in [0.29, 0.717) is 34.0 Å². The smallest absolute Gasteiger partial charge is 0.335 e. The lowest BCUT2D eigenvalue weighted by molar-refractivity contribution is 0.0696. The zero-order valence-electron chi connectivity index (χ0n) is 24.5. The van der Waals surface area contributed by atoms with E-state index in [9.17, 15) is 9.90 Å². The van der Waals surface area contributed by atoms with Crippen LogP contribution in [0.3, 0.4) is 0 Å². The third-order valence-corrected chi connectivity index (χ3v) is 8.53. The summed E-state index contributed by atoms with van der Waals surface area (Å²) in [6.45, 7) is 8.51. The molecule has 1 aliphatic heterocycles. The van der Waals surface area contributed by atoms with Gasteiger partial charge in [0.05, 0.1) is 23.4 Å². The van der Waals surface area contributed by atoms with Gasteiger partial charge in [-0.15, -0.1) is 0 Å². The number of nitrogens with one attached hydrogen (secondary N) is 2. The van der Waals surface area contributed by atoms with Crippen LogP contribution in [0.25, 0.3) is 0 Å². The molecule has 5 nitrogen and oxygen atoms in total. The Morgan fingerprint density at radius 1 is 1.10 bits per heavy atom. The van der Waals surface area contributed by atoms with Crippen LogP contribution in [0.15, 0.2) is 54.6 Å². The summed E-state index contributed by atoms with van der Waals surface area (Å²) in [7, 11) is 1.48. The topological polar surface area (TPSA) is 70.6 Å². The number of ether oxygens (including phenoxy) is 1. The Hall–Kier alpha value is -2.87. The maximum absolute atomic E-state index is 15.9. The van der Waals surface area contributed by atoms with Gasteiger partial charge in [0.2, 0.25) is 0 Å². The van der Waals surface area contributed by atoms with Gasteiger partial charge >= 0.3 is 5.97 Å². The van der Waals surface area contributed by atoms with Crippen molar-refractivity contribution in [1.82, 2.24) is 5.32 Å². The van der Waals surface area contributed by atoms with Gasteiger partial charge in [-0.25, -0.2) is 13.6 Å². The molecule has 0 radical (unpaired) electrons. The summed E-state index contributed by atoms with van der Waals surface area (Å²) >= 11 is 12.4. The largest absolute Gasteiger partial charge is 0.495 e. The molecule has 1 aliphatic rings. The standard InChI is InChI=1S/C33H38Cl2F2N2O3/c1-18(38-27-14-9-19(32(40)41)15-28(27)42-5)31-29(24-7-6-8-25(35)30(24)37)23(22-12-10-20(34)16-26(22)36)13-11-21(39-31)17-33(2,3)4/h6-10,12,14-16,18,21,23,29,31,38-39H,11,13,17H2,1-5H3,(H,40,41)/t18?,21-,23?,29+,31+/m1/s1. The van der Waals surface area contributed by atoms with Gasteiger partial charge in [0.15, 0.2) is 0 Å². The van der Waals surface area contributed by atoms with E-state index in [1.165, 1.54) is 31.4 Å². The third kappa shape index (κ3) is 7.36. The van der Waals surface area contributed by atoms with Crippen molar-refractivity contribution in [2.45, 2.75) is 76.9 Å². The lowest BCUT2D eigenvalue weighted by Gasteiger charge is -2.39. The van der Waals surface area contributed by atoms with Gasteiger partial charge in [-0.1, -0.05) is 62.2 Å². The fraction of sp³-hybridized carbons (Fsp3) is 0.424. The van der Waals surface area contributed by atoms with E-state index < -0.39 is 35.5 Å². The molecule has 1 fully saturated rings. The molecule has 3 aromatic rings. The average Bonchev–Trinajstić information content (AvgIpc) is 3.09. The zero-order valence-corrected chi connectivity index (χ0v) is 26.0. The van der Waals surface area contributed by atoms with Crippen molar-refractivity contribution in [2.24, 2.45) is 5.41 Å². The third-order valence-electron chi connectivity index (χ3n) is 8.01. The highest BCUT2D eigenvalue weighted by Gasteiger charge is 2.42. The van der Waals surface area contributed by atoms with E-state index in [-0.39, 0.29) is 28.1 Å². The fourth-order valence-corrected chi connectivity index (χ4v) is 6.58. The maximum Gasteiger partial charge on any atom is 0.335 e. The Balaban J connectivity index is 1.86. The van der Waals surface area contributed by atoms with Gasteiger partial charge in [0.1, 0.15) is 17.4 Å². The number of aromatic carboxylic acids is 1. The van der Waals surface area contributed by atoms with E-state index in [4.69, 9.17) is 27.9 Å². The first-order valence-electron chi connectivity index (χ1n) is 14.1. The first kappa shape index (κ1) is 32.1. The summed E-state index contributed by atoms with van der Waals surface area (Å²) in [5, 5.41) is 17.1. The molecule has 0 bridgehead atoms. The van der Waals surface area contributed by atoms with Crippen molar-refractivity contribution >= 4 is 34.9 Å². The van der Waals surface area contributed by atoms with Gasteiger partial charge in [-0.3, -0.25) is 0 Å². The number of halogens is 4. The minimum atomic E-state index is -1.06. The minimum absolute atomic E-state index is 0.00334. The number of anilines is 1. The lowest BCUT2D eigenvalue weighted by Crippen LogP contribution is -2.51. The summed E-state index contributed by atoms with van der Waals surface area (Å²) in [5.74, 6) is -2.56. The number of methoxy groups -OCH3 is 1. The van der Waals surface area contributed by atoms with Crippen molar-refractivity contribution in [1.29, 1.82) is 0 Å². The van der Waals surface area contributed by atoms with Crippen LogP contribution in [0.4, 0.5) is 14.5 Å². The molecule has 5 atom stereocenters. The molecule has 0 saturated carbocycles. The molecule has 0 amide bonds. The number of carboxylic acids is 1. The van der Waals surface area contributed by atoms with E-state index in [2.05, 4.69) is 31.4 Å². The van der Waals surface area contributed by atoms with Crippen LogP contribution in [-0.2, 0) is 0 Å². The van der Waals surface area contributed by atoms with Crippen LogP contribution >= 0.6 is 23.2 Å². The first-order valence-corrected chi connectivity index (χ1v) is 14.9. The fourth-order valence-electron chi connectivity index (χ4n) is 6.24. The second-order valence-electron chi connectivity index (χ2n) is 12.3. The van der Waals surface area contributed by atoms with Crippen molar-refractivity contribution in [3.8, 4) is 5.75 Å². The zero-order chi connectivity index (χ0) is 30.8. The van der Waals surface area contributed by atoms with E-state index >= 15 is 8.78 Å². The number of carbonyl (C=O) groups is 1. The molecule has 0 aliphatic carbocycles. The lowest BCUT2D eigenvalue weighted by atomic mass is 9.73. The molecule has 2 unspecified atom stereocenters. The Bertz CT molecular complexity index is 1430. The molecule has 3 N–H and O–H groups in total. The van der Waals surface area contributed by atoms with Crippen molar-refractivity contribution in [3.05, 3.63) is 93.0 Å². The summed E-state index contributed by atoms with van der Waals surface area (Å²) in [5.41, 5.74) is 1.57. The van der Waals surface area contributed by atoms with Crippen LogP contribution in [0.5, 0.6) is 5.75 Å². The van der Waals surface area contributed by atoms with Gasteiger partial charge in [0.25, 0.3) is 0 Å². The molecule has 1 heterocycles. The second-order valence-corrected chi connectivity index (χ2v) is 13.2. The molecular weight excluding hydrogens is 581 g/mol. The van der Waals surface area contributed by atoms with Gasteiger partial charge in [0, 0.05) is 29.1 Å². The highest BCUT2D eigenvalue weighted by molar-refractivity contribution is 6.31. The van der Waals surface area contributed by atoms with Crippen molar-refractivity contribution < 1.29 is 23.4 Å². The molecule has 4 rings (SSSR count). The second kappa shape index (κ2) is 13.2. The van der Waals surface area contributed by atoms with Gasteiger partial charge in [-0.2, -0.15) is 0 Å². The molecule has 0 aromatic heterocycles. The Labute approximate surface area is 256 Å². The Morgan fingerprint density at radius 2 is 1.83 bits per heavy atom. The SMILES string of the molecule is COc1cc(C(=O)O)ccc1NC(C)[C@@H]1N[C@@H](CC(C)(C)C)CCC(c2ccc(Cl)cc2F)[C@H]1c1cccc(Cl)c1F. The average molecular weight is 620 g/mol. The van der Waals surface area contributed by atoms with Gasteiger partial charge in [-0.05, 0) is 85.0 Å². The molecular formula is C33H38Cl2F2N2O3. The highest BCUT2D eigenvalue weighted by Crippen LogP contribution is 2.46. The predicted octanol–water partition coefficient (Wildman–Crippen LogP) is 8.90. The summed E-state index contributed by atoms with van der Waals surface area (Å²) in [6.07, 6.45) is 2.22. The molecule has 9 heteroatoms. The molecule has 1 saturated heterocycles. The van der Waals surface area contributed by atoms with Crippen LogP contribution < -0.4 is 15.4 Å². The van der Waals surface area contributed by atoms with Crippen LogP contribution in [0.2, 0.25) is 10.0 Å². The van der Waals surface area contributed by atoms with Crippen LogP contribution in [0.1, 0.15) is 80.3 Å². The quantitative estimate of drug-likeness (QED) is 0.235. The Morgan fingerprint density at radius 3 is 2.48 bits per heavy atom. The first-order chi connectivity index (χ1) is 19.8. The van der Waals surface area contributed by atoms with E-state index in [0.717, 1.165) is 12.8 Å². The molecule has 226 valence electrons. The van der Waals surface area contributed by atoms with Crippen molar-refractivity contribution in [3.63, 3.8) is 0 Å². The number of hydrogen-bond donors (Lipinski definition) is 3. The summed E-state index contributed by atoms with van der Waals surface area (Å²) in [6, 6.07) is 13.6. The summed E-state index contributed by atoms with van der Waals surface area (Å²) in [4.78, 5) is 11.5. The number of rotatable bonds is 8. The maximum atomic E-state index is 15.9. The number of benzene rings is 3. The number of carboxylic acid groups (broad SMARTS) is 1. The predicted molar refractivity (Wildman–Crippen MR) is 165 cm³/mol. The Kier molecular flexibility index (Phi) is 10.1. The summed E-state index contributed by atoms with van der Waals surface area (Å²) < 4.78 is 37.0. The van der Waals surface area contributed by atoms with Crippen molar-refractivity contribution in [2.75, 3.05) is 12.4 Å². The molecule has 0 spiro atoms. The van der Waals surface area contributed by atoms with Gasteiger partial charge < -0.3 is 20.5 Å².